The van der Waals surface area contributed by atoms with Crippen molar-refractivity contribution in [2.24, 2.45) is 0 Å². The fraction of sp³-hybridized carbons (Fsp3) is 0.286. The van der Waals surface area contributed by atoms with Crippen LogP contribution in [0, 0.1) is 6.92 Å². The van der Waals surface area contributed by atoms with E-state index in [1.165, 1.54) is 13.8 Å². The first-order valence-corrected chi connectivity index (χ1v) is 8.79. The highest BCUT2D eigenvalue weighted by atomic mass is 16.5. The van der Waals surface area contributed by atoms with Crippen molar-refractivity contribution in [1.82, 2.24) is 5.32 Å². The normalized spacial score (nSPS) is 15.4. The summed E-state index contributed by atoms with van der Waals surface area (Å²) >= 11 is 0. The van der Waals surface area contributed by atoms with Crippen LogP contribution in [0.25, 0.3) is 0 Å². The second-order valence-corrected chi connectivity index (χ2v) is 6.61. The molecule has 0 aliphatic carbocycles. The average molecular weight is 366 g/mol. The number of carbonyl (C=O) groups is 3. The Morgan fingerprint density at radius 1 is 1.11 bits per heavy atom. The third-order valence-electron chi connectivity index (χ3n) is 4.49. The van der Waals surface area contributed by atoms with Crippen LogP contribution in [0.4, 0.5) is 5.69 Å². The molecule has 0 radical (unpaired) electrons. The summed E-state index contributed by atoms with van der Waals surface area (Å²) < 4.78 is 5.71. The van der Waals surface area contributed by atoms with E-state index in [9.17, 15) is 14.4 Å². The van der Waals surface area contributed by atoms with Crippen LogP contribution in [0.5, 0.6) is 5.75 Å². The van der Waals surface area contributed by atoms with Gasteiger partial charge in [-0.3, -0.25) is 14.4 Å². The zero-order valence-corrected chi connectivity index (χ0v) is 15.6. The standard InChI is InChI=1S/C21H22N2O4/c1-13-4-9-19-18(12-13)20(22-15(3)25)21(26)23(19)10-11-27-17-7-5-16(6-8-17)14(2)24/h4-9,12,20H,10-11H2,1-3H3,(H,22,25)/t20-/m0/s1. The third kappa shape index (κ3) is 4.00. The van der Waals surface area contributed by atoms with Crippen molar-refractivity contribution < 1.29 is 19.1 Å². The first kappa shape index (κ1) is 18.6. The van der Waals surface area contributed by atoms with E-state index in [0.717, 1.165) is 16.8 Å². The smallest absolute Gasteiger partial charge is 0.254 e. The molecule has 6 nitrogen and oxygen atoms in total. The predicted molar refractivity (Wildman–Crippen MR) is 102 cm³/mol. The Morgan fingerprint density at radius 2 is 1.81 bits per heavy atom. The van der Waals surface area contributed by atoms with Crippen molar-refractivity contribution in [3.8, 4) is 5.75 Å². The maximum atomic E-state index is 12.8. The lowest BCUT2D eigenvalue weighted by Gasteiger charge is -2.18. The molecule has 1 aliphatic rings. The first-order valence-electron chi connectivity index (χ1n) is 8.79. The molecule has 1 heterocycles. The van der Waals surface area contributed by atoms with Crippen molar-refractivity contribution in [1.29, 1.82) is 0 Å². The molecular formula is C21H22N2O4. The average Bonchev–Trinajstić information content (AvgIpc) is 2.87. The fourth-order valence-corrected chi connectivity index (χ4v) is 3.17. The summed E-state index contributed by atoms with van der Waals surface area (Å²) in [5, 5.41) is 2.73. The number of Topliss-reactive ketones (excluding diaryl/α,β-unsaturated/α-hetero) is 1. The number of aryl methyl sites for hydroxylation is 1. The van der Waals surface area contributed by atoms with Gasteiger partial charge in [-0.15, -0.1) is 0 Å². The molecule has 0 bridgehead atoms. The Balaban J connectivity index is 1.70. The quantitative estimate of drug-likeness (QED) is 0.798. The molecule has 6 heteroatoms. The number of benzene rings is 2. The monoisotopic (exact) mass is 366 g/mol. The molecule has 0 saturated carbocycles. The second-order valence-electron chi connectivity index (χ2n) is 6.61. The summed E-state index contributed by atoms with van der Waals surface area (Å²) in [5.74, 6) is 0.222. The van der Waals surface area contributed by atoms with Crippen LogP contribution < -0.4 is 15.0 Å². The second kappa shape index (κ2) is 7.61. The van der Waals surface area contributed by atoms with E-state index in [1.54, 1.807) is 29.2 Å². The highest BCUT2D eigenvalue weighted by Gasteiger charge is 2.37. The van der Waals surface area contributed by atoms with Crippen molar-refractivity contribution in [2.75, 3.05) is 18.1 Å². The minimum absolute atomic E-state index is 0.000118. The molecule has 0 fully saturated rings. The highest BCUT2D eigenvalue weighted by Crippen LogP contribution is 2.36. The number of fused-ring (bicyclic) bond motifs is 1. The van der Waals surface area contributed by atoms with E-state index in [1.807, 2.05) is 25.1 Å². The number of rotatable bonds is 6. The Kier molecular flexibility index (Phi) is 5.26. The number of ether oxygens (including phenoxy) is 1. The van der Waals surface area contributed by atoms with E-state index in [0.29, 0.717) is 24.5 Å². The van der Waals surface area contributed by atoms with Gasteiger partial charge in [-0.1, -0.05) is 17.7 Å². The molecule has 1 atom stereocenters. The number of nitrogens with zero attached hydrogens (tertiary/aromatic N) is 1. The van der Waals surface area contributed by atoms with Gasteiger partial charge in [0.1, 0.15) is 18.4 Å². The van der Waals surface area contributed by atoms with Gasteiger partial charge in [-0.25, -0.2) is 0 Å². The fourth-order valence-electron chi connectivity index (χ4n) is 3.17. The highest BCUT2D eigenvalue weighted by molar-refractivity contribution is 6.06. The Morgan fingerprint density at radius 3 is 2.44 bits per heavy atom. The summed E-state index contributed by atoms with van der Waals surface area (Å²) in [6.45, 7) is 5.52. The van der Waals surface area contributed by atoms with Crippen LogP contribution in [0.3, 0.4) is 0 Å². The van der Waals surface area contributed by atoms with Crippen LogP contribution in [0.2, 0.25) is 0 Å². The molecule has 27 heavy (non-hydrogen) atoms. The summed E-state index contributed by atoms with van der Waals surface area (Å²) in [6.07, 6.45) is 0. The van der Waals surface area contributed by atoms with E-state index < -0.39 is 6.04 Å². The van der Waals surface area contributed by atoms with Crippen LogP contribution in [0.1, 0.15) is 41.4 Å². The molecular weight excluding hydrogens is 344 g/mol. The number of anilines is 1. The van der Waals surface area contributed by atoms with E-state index in [-0.39, 0.29) is 17.6 Å². The minimum Gasteiger partial charge on any atom is -0.492 e. The van der Waals surface area contributed by atoms with Crippen molar-refractivity contribution in [3.63, 3.8) is 0 Å². The molecule has 0 unspecified atom stereocenters. The maximum absolute atomic E-state index is 12.8. The van der Waals surface area contributed by atoms with Gasteiger partial charge in [0.15, 0.2) is 5.78 Å². The van der Waals surface area contributed by atoms with Gasteiger partial charge in [0.25, 0.3) is 5.91 Å². The lowest BCUT2D eigenvalue weighted by Crippen LogP contribution is -2.38. The van der Waals surface area contributed by atoms with Crippen LogP contribution in [-0.2, 0) is 9.59 Å². The van der Waals surface area contributed by atoms with Crippen molar-refractivity contribution in [3.05, 3.63) is 59.2 Å². The lowest BCUT2D eigenvalue weighted by atomic mass is 10.1. The molecule has 2 amide bonds. The van der Waals surface area contributed by atoms with E-state index in [4.69, 9.17) is 4.74 Å². The molecule has 140 valence electrons. The first-order chi connectivity index (χ1) is 12.9. The van der Waals surface area contributed by atoms with Gasteiger partial charge in [-0.05, 0) is 44.2 Å². The molecule has 0 spiro atoms. The van der Waals surface area contributed by atoms with Gasteiger partial charge < -0.3 is 15.0 Å². The predicted octanol–water partition coefficient (Wildman–Crippen LogP) is 2.80. The summed E-state index contributed by atoms with van der Waals surface area (Å²) in [6, 6.07) is 12.0. The molecule has 0 aromatic heterocycles. The van der Waals surface area contributed by atoms with Gasteiger partial charge in [-0.2, -0.15) is 0 Å². The number of hydrogen-bond acceptors (Lipinski definition) is 4. The molecule has 1 aliphatic heterocycles. The summed E-state index contributed by atoms with van der Waals surface area (Å²) in [7, 11) is 0. The number of nitrogens with one attached hydrogen (secondary N) is 1. The topological polar surface area (TPSA) is 75.7 Å². The Hall–Kier alpha value is -3.15. The molecule has 3 rings (SSSR count). The minimum atomic E-state index is -0.660. The Labute approximate surface area is 158 Å². The van der Waals surface area contributed by atoms with Gasteiger partial charge in [0, 0.05) is 23.7 Å². The van der Waals surface area contributed by atoms with E-state index in [2.05, 4.69) is 5.32 Å². The third-order valence-corrected chi connectivity index (χ3v) is 4.49. The molecule has 2 aromatic carbocycles. The summed E-state index contributed by atoms with van der Waals surface area (Å²) in [5.41, 5.74) is 3.25. The van der Waals surface area contributed by atoms with Gasteiger partial charge >= 0.3 is 0 Å². The summed E-state index contributed by atoms with van der Waals surface area (Å²) in [4.78, 5) is 37.2. The number of hydrogen-bond donors (Lipinski definition) is 1. The van der Waals surface area contributed by atoms with Crippen LogP contribution in [0.15, 0.2) is 42.5 Å². The number of carbonyl (C=O) groups excluding carboxylic acids is 3. The number of ketones is 1. The van der Waals surface area contributed by atoms with Crippen molar-refractivity contribution >= 4 is 23.3 Å². The van der Waals surface area contributed by atoms with E-state index >= 15 is 0 Å². The zero-order chi connectivity index (χ0) is 19.6. The van der Waals surface area contributed by atoms with Crippen LogP contribution in [-0.4, -0.2) is 30.7 Å². The Bertz CT molecular complexity index is 890. The molecule has 1 N–H and O–H groups in total. The SMILES string of the molecule is CC(=O)N[C@@H]1C(=O)N(CCOc2ccc(C(C)=O)cc2)c2ccc(C)cc21. The van der Waals surface area contributed by atoms with Gasteiger partial charge in [0.05, 0.1) is 6.54 Å². The molecule has 2 aromatic rings. The molecule has 0 saturated heterocycles. The lowest BCUT2D eigenvalue weighted by molar-refractivity contribution is -0.126. The van der Waals surface area contributed by atoms with Crippen LogP contribution >= 0.6 is 0 Å². The largest absolute Gasteiger partial charge is 0.492 e. The number of amides is 2. The van der Waals surface area contributed by atoms with Crippen molar-refractivity contribution in [2.45, 2.75) is 26.8 Å². The zero-order valence-electron chi connectivity index (χ0n) is 15.6. The van der Waals surface area contributed by atoms with Gasteiger partial charge in [0.2, 0.25) is 5.91 Å². The maximum Gasteiger partial charge on any atom is 0.254 e.